The molecular formula is C52H29BrO. The number of halogens is 1. The molecule has 0 saturated carbocycles. The summed E-state index contributed by atoms with van der Waals surface area (Å²) in [5, 5.41) is 14.9. The van der Waals surface area contributed by atoms with Crippen LogP contribution in [0.5, 0.6) is 11.5 Å². The molecule has 0 unspecified atom stereocenters. The fraction of sp³-hybridized carbons (Fsp3) is 0. The van der Waals surface area contributed by atoms with E-state index in [2.05, 4.69) is 186 Å². The molecule has 0 amide bonds. The van der Waals surface area contributed by atoms with Crippen LogP contribution in [0, 0.1) is 0 Å². The predicted molar refractivity (Wildman–Crippen MR) is 232 cm³/mol. The summed E-state index contributed by atoms with van der Waals surface area (Å²) in [7, 11) is 0. The van der Waals surface area contributed by atoms with E-state index in [-0.39, 0.29) is 0 Å². The van der Waals surface area contributed by atoms with Crippen molar-refractivity contribution in [3.63, 3.8) is 0 Å². The zero-order valence-electron chi connectivity index (χ0n) is 29.0. The molecule has 1 aliphatic rings. The van der Waals surface area contributed by atoms with Gasteiger partial charge < -0.3 is 4.74 Å². The third-order valence-corrected chi connectivity index (χ3v) is 12.4. The van der Waals surface area contributed by atoms with Gasteiger partial charge in [-0.15, -0.1) is 0 Å². The highest BCUT2D eigenvalue weighted by Crippen LogP contribution is 2.52. The number of rotatable bonds is 3. The summed E-state index contributed by atoms with van der Waals surface area (Å²) in [5.74, 6) is 1.80. The second-order valence-corrected chi connectivity index (χ2v) is 15.3. The Kier molecular flexibility index (Phi) is 6.26. The van der Waals surface area contributed by atoms with Crippen LogP contribution in [0.3, 0.4) is 0 Å². The Bertz CT molecular complexity index is 3360. The first-order valence-electron chi connectivity index (χ1n) is 18.4. The van der Waals surface area contributed by atoms with Gasteiger partial charge in [-0.05, 0) is 122 Å². The second kappa shape index (κ2) is 11.3. The van der Waals surface area contributed by atoms with Gasteiger partial charge >= 0.3 is 0 Å². The van der Waals surface area contributed by atoms with E-state index < -0.39 is 0 Å². The SMILES string of the molecule is Brc1cc(-c2cccc3ccccc23)c2ccc3c(-c4ccc5c6c(cccc46)-c4ccccc4O5)cc(-c4cccc5ccccc45)c4ccc1c2c43. The molecule has 11 aromatic carbocycles. The highest BCUT2D eigenvalue weighted by atomic mass is 79.9. The van der Waals surface area contributed by atoms with Crippen LogP contribution in [-0.2, 0) is 0 Å². The minimum absolute atomic E-state index is 0.902. The van der Waals surface area contributed by atoms with Gasteiger partial charge in [-0.3, -0.25) is 0 Å². The molecule has 0 fully saturated rings. The molecule has 1 nitrogen and oxygen atoms in total. The van der Waals surface area contributed by atoms with E-state index in [9.17, 15) is 0 Å². The Morgan fingerprint density at radius 1 is 0.278 bits per heavy atom. The summed E-state index contributed by atoms with van der Waals surface area (Å²) in [4.78, 5) is 0. The number of ether oxygens (including phenoxy) is 1. The predicted octanol–water partition coefficient (Wildman–Crippen LogP) is 15.6. The highest BCUT2D eigenvalue weighted by Gasteiger charge is 2.25. The topological polar surface area (TPSA) is 9.23 Å². The molecule has 54 heavy (non-hydrogen) atoms. The van der Waals surface area contributed by atoms with E-state index in [0.29, 0.717) is 0 Å². The van der Waals surface area contributed by atoms with Crippen molar-refractivity contribution in [3.8, 4) is 56.0 Å². The molecule has 0 aliphatic carbocycles. The van der Waals surface area contributed by atoms with E-state index in [1.165, 1.54) is 98.2 Å². The molecule has 0 saturated heterocycles. The zero-order valence-corrected chi connectivity index (χ0v) is 30.6. The first kappa shape index (κ1) is 30.0. The number of hydrogen-bond donors (Lipinski definition) is 0. The van der Waals surface area contributed by atoms with Crippen LogP contribution in [-0.4, -0.2) is 0 Å². The number of hydrogen-bond acceptors (Lipinski definition) is 1. The summed E-state index contributed by atoms with van der Waals surface area (Å²) >= 11 is 4.08. The molecule has 1 heterocycles. The molecule has 0 atom stereocenters. The maximum atomic E-state index is 6.56. The van der Waals surface area contributed by atoms with Crippen LogP contribution in [0.15, 0.2) is 180 Å². The fourth-order valence-electron chi connectivity index (χ4n) is 9.35. The Hall–Kier alpha value is -6.48. The third kappa shape index (κ3) is 4.15. The van der Waals surface area contributed by atoms with Crippen molar-refractivity contribution in [3.05, 3.63) is 180 Å². The average molecular weight is 750 g/mol. The van der Waals surface area contributed by atoms with Crippen LogP contribution in [0.25, 0.3) is 109 Å². The highest BCUT2D eigenvalue weighted by molar-refractivity contribution is 9.10. The van der Waals surface area contributed by atoms with Crippen LogP contribution in [0.1, 0.15) is 0 Å². The molecule has 1 aliphatic heterocycles. The molecule has 2 heteroatoms. The van der Waals surface area contributed by atoms with Gasteiger partial charge in [0.05, 0.1) is 0 Å². The van der Waals surface area contributed by atoms with Crippen molar-refractivity contribution < 1.29 is 4.74 Å². The van der Waals surface area contributed by atoms with E-state index in [4.69, 9.17) is 4.74 Å². The lowest BCUT2D eigenvalue weighted by molar-refractivity contribution is 0.487. The summed E-state index contributed by atoms with van der Waals surface area (Å²) in [6.07, 6.45) is 0. The van der Waals surface area contributed by atoms with E-state index in [0.717, 1.165) is 26.9 Å². The van der Waals surface area contributed by atoms with Crippen LogP contribution < -0.4 is 4.74 Å². The van der Waals surface area contributed by atoms with Crippen molar-refractivity contribution >= 4 is 80.6 Å². The Morgan fingerprint density at radius 3 is 1.44 bits per heavy atom. The Labute approximate surface area is 320 Å². The minimum Gasteiger partial charge on any atom is -0.456 e. The van der Waals surface area contributed by atoms with Crippen molar-refractivity contribution in [2.45, 2.75) is 0 Å². The van der Waals surface area contributed by atoms with E-state index in [1.54, 1.807) is 0 Å². The average Bonchev–Trinajstić information content (AvgIpc) is 3.23. The largest absolute Gasteiger partial charge is 0.456 e. The lowest BCUT2D eigenvalue weighted by Gasteiger charge is -2.24. The minimum atomic E-state index is 0.902. The maximum Gasteiger partial charge on any atom is 0.135 e. The summed E-state index contributed by atoms with van der Waals surface area (Å²) in [6, 6.07) is 64.5. The first-order chi connectivity index (χ1) is 26.7. The van der Waals surface area contributed by atoms with Crippen molar-refractivity contribution in [1.29, 1.82) is 0 Å². The van der Waals surface area contributed by atoms with Crippen LogP contribution in [0.4, 0.5) is 0 Å². The molecule has 0 N–H and O–H groups in total. The summed E-state index contributed by atoms with van der Waals surface area (Å²) in [5.41, 5.74) is 9.70. The van der Waals surface area contributed by atoms with Gasteiger partial charge in [0.15, 0.2) is 0 Å². The molecule has 250 valence electrons. The number of fused-ring (bicyclic) bond motifs is 4. The van der Waals surface area contributed by atoms with Crippen molar-refractivity contribution in [2.75, 3.05) is 0 Å². The lowest BCUT2D eigenvalue weighted by atomic mass is 9.82. The van der Waals surface area contributed by atoms with Crippen molar-refractivity contribution in [2.24, 2.45) is 0 Å². The van der Waals surface area contributed by atoms with Crippen LogP contribution in [0.2, 0.25) is 0 Å². The monoisotopic (exact) mass is 748 g/mol. The number of para-hydroxylation sites is 1. The lowest BCUT2D eigenvalue weighted by Crippen LogP contribution is -1.98. The molecule has 0 spiro atoms. The van der Waals surface area contributed by atoms with E-state index in [1.807, 2.05) is 6.07 Å². The van der Waals surface area contributed by atoms with Gasteiger partial charge in [0.2, 0.25) is 0 Å². The zero-order chi connectivity index (χ0) is 35.5. The van der Waals surface area contributed by atoms with Gasteiger partial charge in [0.1, 0.15) is 11.5 Å². The normalized spacial score (nSPS) is 12.3. The molecule has 11 aromatic rings. The quantitative estimate of drug-likeness (QED) is 0.164. The fourth-order valence-corrected chi connectivity index (χ4v) is 9.91. The van der Waals surface area contributed by atoms with Crippen LogP contribution >= 0.6 is 15.9 Å². The Balaban J connectivity index is 1.24. The van der Waals surface area contributed by atoms with Gasteiger partial charge in [0.25, 0.3) is 0 Å². The smallest absolute Gasteiger partial charge is 0.135 e. The molecule has 0 radical (unpaired) electrons. The first-order valence-corrected chi connectivity index (χ1v) is 19.2. The second-order valence-electron chi connectivity index (χ2n) is 14.4. The maximum absolute atomic E-state index is 6.56. The third-order valence-electron chi connectivity index (χ3n) is 11.7. The Morgan fingerprint density at radius 2 is 0.741 bits per heavy atom. The van der Waals surface area contributed by atoms with Gasteiger partial charge in [0, 0.05) is 15.4 Å². The summed E-state index contributed by atoms with van der Waals surface area (Å²) < 4.78 is 7.65. The van der Waals surface area contributed by atoms with Crippen molar-refractivity contribution in [1.82, 2.24) is 0 Å². The number of benzene rings is 11. The molecular weight excluding hydrogens is 720 g/mol. The summed E-state index contributed by atoms with van der Waals surface area (Å²) in [6.45, 7) is 0. The molecule has 12 rings (SSSR count). The standard InChI is InChI=1S/C52H29BrO/c53-47-29-46(35-18-8-13-31-11-2-4-15-33(31)35)42-23-22-40-45(36-26-27-49-50-38(36)19-9-20-39(50)37-16-5-6-21-48(37)54-49)28-44(41-24-25-43(47)52(42)51(40)41)34-17-7-12-30-10-1-3-14-32(30)34/h1-29H. The van der Waals surface area contributed by atoms with Gasteiger partial charge in [-0.2, -0.15) is 0 Å². The molecule has 0 aromatic heterocycles. The molecule has 0 bridgehead atoms. The van der Waals surface area contributed by atoms with Gasteiger partial charge in [-0.25, -0.2) is 0 Å². The van der Waals surface area contributed by atoms with Gasteiger partial charge in [-0.1, -0.05) is 168 Å². The van der Waals surface area contributed by atoms with E-state index >= 15 is 0 Å².